The molecule has 0 radical (unpaired) electrons. The van der Waals surface area contributed by atoms with Gasteiger partial charge in [-0.05, 0) is 49.5 Å². The van der Waals surface area contributed by atoms with Gasteiger partial charge in [-0.2, -0.15) is 0 Å². The lowest BCUT2D eigenvalue weighted by Crippen LogP contribution is -2.50. The molecule has 0 saturated heterocycles. The average Bonchev–Trinajstić information content (AvgIpc) is 2.79. The van der Waals surface area contributed by atoms with Crippen LogP contribution < -0.4 is 11.3 Å². The van der Waals surface area contributed by atoms with Crippen molar-refractivity contribution in [3.63, 3.8) is 0 Å². The average molecular weight is 252 g/mol. The van der Waals surface area contributed by atoms with Crippen molar-refractivity contribution in [3.8, 4) is 0 Å². The summed E-state index contributed by atoms with van der Waals surface area (Å²) in [6, 6.07) is 0.211. The summed E-state index contributed by atoms with van der Waals surface area (Å²) < 4.78 is 5.87. The van der Waals surface area contributed by atoms with Crippen LogP contribution in [0.2, 0.25) is 0 Å². The molecule has 18 heavy (non-hydrogen) atoms. The maximum absolute atomic E-state index is 5.87. The first kappa shape index (κ1) is 13.9. The molecule has 1 fully saturated rings. The Morgan fingerprint density at radius 3 is 2.56 bits per heavy atom. The van der Waals surface area contributed by atoms with Gasteiger partial charge in [0.05, 0.1) is 12.6 Å². The molecular weight excluding hydrogens is 224 g/mol. The molecule has 1 heterocycles. The SMILES string of the molecule is CC(C)CC1(C(NN)C2=CCCCO2)CCCC1. The van der Waals surface area contributed by atoms with Gasteiger partial charge in [-0.3, -0.25) is 5.84 Å². The molecule has 1 saturated carbocycles. The number of nitrogens with one attached hydrogen (secondary N) is 1. The minimum absolute atomic E-state index is 0.211. The van der Waals surface area contributed by atoms with Gasteiger partial charge in [0, 0.05) is 0 Å². The molecule has 0 amide bonds. The first-order chi connectivity index (χ1) is 8.68. The summed E-state index contributed by atoms with van der Waals surface area (Å²) in [5.41, 5.74) is 3.38. The highest BCUT2D eigenvalue weighted by molar-refractivity contribution is 5.13. The number of nitrogens with two attached hydrogens (primary N) is 1. The van der Waals surface area contributed by atoms with E-state index in [0.29, 0.717) is 11.3 Å². The molecule has 104 valence electrons. The largest absolute Gasteiger partial charge is 0.497 e. The molecule has 1 unspecified atom stereocenters. The molecular formula is C15H28N2O. The maximum Gasteiger partial charge on any atom is 0.111 e. The zero-order valence-corrected chi connectivity index (χ0v) is 11.9. The molecule has 0 aromatic heterocycles. The fourth-order valence-corrected chi connectivity index (χ4v) is 3.84. The van der Waals surface area contributed by atoms with Gasteiger partial charge in [-0.25, -0.2) is 5.43 Å². The highest BCUT2D eigenvalue weighted by atomic mass is 16.5. The smallest absolute Gasteiger partial charge is 0.111 e. The van der Waals surface area contributed by atoms with Crippen LogP contribution in [0.5, 0.6) is 0 Å². The van der Waals surface area contributed by atoms with E-state index in [-0.39, 0.29) is 6.04 Å². The van der Waals surface area contributed by atoms with Crippen LogP contribution in [-0.2, 0) is 4.74 Å². The van der Waals surface area contributed by atoms with E-state index in [1.807, 2.05) is 0 Å². The Morgan fingerprint density at radius 2 is 2.06 bits per heavy atom. The molecule has 0 spiro atoms. The highest BCUT2D eigenvalue weighted by Gasteiger charge is 2.43. The molecule has 2 rings (SSSR count). The predicted octanol–water partition coefficient (Wildman–Crippen LogP) is 3.12. The lowest BCUT2D eigenvalue weighted by molar-refractivity contribution is 0.0953. The topological polar surface area (TPSA) is 47.3 Å². The molecule has 0 aromatic rings. The Labute approximate surface area is 111 Å². The van der Waals surface area contributed by atoms with Gasteiger partial charge in [0.2, 0.25) is 0 Å². The van der Waals surface area contributed by atoms with E-state index in [1.54, 1.807) is 0 Å². The van der Waals surface area contributed by atoms with Crippen LogP contribution in [0.25, 0.3) is 0 Å². The van der Waals surface area contributed by atoms with Gasteiger partial charge < -0.3 is 4.74 Å². The second-order valence-electron chi connectivity index (χ2n) is 6.36. The van der Waals surface area contributed by atoms with Crippen LogP contribution in [0, 0.1) is 11.3 Å². The first-order valence-corrected chi connectivity index (χ1v) is 7.47. The van der Waals surface area contributed by atoms with E-state index in [4.69, 9.17) is 10.6 Å². The van der Waals surface area contributed by atoms with E-state index in [2.05, 4.69) is 25.3 Å². The van der Waals surface area contributed by atoms with Crippen molar-refractivity contribution < 1.29 is 4.74 Å². The van der Waals surface area contributed by atoms with Crippen molar-refractivity contribution in [2.45, 2.75) is 64.8 Å². The van der Waals surface area contributed by atoms with Crippen molar-refractivity contribution >= 4 is 0 Å². The van der Waals surface area contributed by atoms with Gasteiger partial charge in [-0.15, -0.1) is 0 Å². The predicted molar refractivity (Wildman–Crippen MR) is 74.7 cm³/mol. The van der Waals surface area contributed by atoms with Crippen LogP contribution >= 0.6 is 0 Å². The Hall–Kier alpha value is -0.540. The summed E-state index contributed by atoms with van der Waals surface area (Å²) in [5, 5.41) is 0. The fourth-order valence-electron chi connectivity index (χ4n) is 3.84. The van der Waals surface area contributed by atoms with E-state index >= 15 is 0 Å². The van der Waals surface area contributed by atoms with Gasteiger partial charge in [0.1, 0.15) is 5.76 Å². The number of hydrogen-bond acceptors (Lipinski definition) is 3. The number of rotatable bonds is 5. The summed E-state index contributed by atoms with van der Waals surface area (Å²) in [6.45, 7) is 5.47. The summed E-state index contributed by atoms with van der Waals surface area (Å²) >= 11 is 0. The molecule has 1 atom stereocenters. The number of hydrazine groups is 1. The fraction of sp³-hybridized carbons (Fsp3) is 0.867. The van der Waals surface area contributed by atoms with Crippen molar-refractivity contribution in [2.75, 3.05) is 6.61 Å². The summed E-state index contributed by atoms with van der Waals surface area (Å²) in [5.74, 6) is 7.69. The summed E-state index contributed by atoms with van der Waals surface area (Å²) in [4.78, 5) is 0. The second-order valence-corrected chi connectivity index (χ2v) is 6.36. The van der Waals surface area contributed by atoms with Crippen LogP contribution in [0.1, 0.15) is 58.8 Å². The number of hydrogen-bond donors (Lipinski definition) is 2. The molecule has 3 heteroatoms. The summed E-state index contributed by atoms with van der Waals surface area (Å²) in [6.07, 6.45) is 11.0. The van der Waals surface area contributed by atoms with Gasteiger partial charge in [0.25, 0.3) is 0 Å². The molecule has 3 N–H and O–H groups in total. The van der Waals surface area contributed by atoms with Crippen molar-refractivity contribution in [1.82, 2.24) is 5.43 Å². The Balaban J connectivity index is 2.18. The molecule has 0 bridgehead atoms. The van der Waals surface area contributed by atoms with E-state index in [1.165, 1.54) is 32.1 Å². The molecule has 1 aliphatic carbocycles. The minimum atomic E-state index is 0.211. The Kier molecular flexibility index (Phi) is 4.68. The zero-order chi connectivity index (χ0) is 13.0. The third kappa shape index (κ3) is 2.89. The molecule has 0 aromatic carbocycles. The van der Waals surface area contributed by atoms with Gasteiger partial charge in [0.15, 0.2) is 0 Å². The van der Waals surface area contributed by atoms with Crippen molar-refractivity contribution in [1.29, 1.82) is 0 Å². The second kappa shape index (κ2) is 6.07. The van der Waals surface area contributed by atoms with E-state index < -0.39 is 0 Å². The van der Waals surface area contributed by atoms with Crippen molar-refractivity contribution in [3.05, 3.63) is 11.8 Å². The number of allylic oxidation sites excluding steroid dienone is 1. The van der Waals surface area contributed by atoms with Crippen LogP contribution in [-0.4, -0.2) is 12.6 Å². The van der Waals surface area contributed by atoms with E-state index in [0.717, 1.165) is 25.2 Å². The van der Waals surface area contributed by atoms with E-state index in [9.17, 15) is 0 Å². The third-order valence-corrected chi connectivity index (χ3v) is 4.44. The van der Waals surface area contributed by atoms with Crippen LogP contribution in [0.4, 0.5) is 0 Å². The lowest BCUT2D eigenvalue weighted by atomic mass is 9.72. The monoisotopic (exact) mass is 252 g/mol. The number of ether oxygens (including phenoxy) is 1. The molecule has 3 nitrogen and oxygen atoms in total. The van der Waals surface area contributed by atoms with Gasteiger partial charge in [-0.1, -0.05) is 26.7 Å². The quantitative estimate of drug-likeness (QED) is 0.584. The Morgan fingerprint density at radius 1 is 1.33 bits per heavy atom. The van der Waals surface area contributed by atoms with Gasteiger partial charge >= 0.3 is 0 Å². The zero-order valence-electron chi connectivity index (χ0n) is 11.9. The Bertz CT molecular complexity index is 293. The third-order valence-electron chi connectivity index (χ3n) is 4.44. The molecule has 1 aliphatic heterocycles. The maximum atomic E-state index is 5.87. The standard InChI is InChI=1S/C15H28N2O/c1-12(2)11-15(8-4-5-9-15)14(17-16)13-7-3-6-10-18-13/h7,12,14,17H,3-6,8-11,16H2,1-2H3. The lowest BCUT2D eigenvalue weighted by Gasteiger charge is -2.40. The summed E-state index contributed by atoms with van der Waals surface area (Å²) in [7, 11) is 0. The van der Waals surface area contributed by atoms with Crippen LogP contribution in [0.15, 0.2) is 11.8 Å². The normalized spacial score (nSPS) is 24.8. The van der Waals surface area contributed by atoms with Crippen molar-refractivity contribution in [2.24, 2.45) is 17.2 Å². The highest BCUT2D eigenvalue weighted by Crippen LogP contribution is 2.48. The first-order valence-electron chi connectivity index (χ1n) is 7.47. The van der Waals surface area contributed by atoms with Crippen LogP contribution in [0.3, 0.4) is 0 Å². The minimum Gasteiger partial charge on any atom is -0.497 e. The molecule has 2 aliphatic rings.